The van der Waals surface area contributed by atoms with Gasteiger partial charge in [0.05, 0.1) is 11.3 Å². The van der Waals surface area contributed by atoms with Crippen LogP contribution in [-0.4, -0.2) is 17.6 Å². The molecule has 1 fully saturated rings. The molecule has 0 atom stereocenters. The molecule has 2 aromatic carbocycles. The fourth-order valence-corrected chi connectivity index (χ4v) is 3.04. The molecule has 8 heteroatoms. The minimum Gasteiger partial charge on any atom is -0.399 e. The first-order valence-corrected chi connectivity index (χ1v) is 7.77. The number of rotatable bonds is 2. The number of alkyl halides is 3. The predicted molar refractivity (Wildman–Crippen MR) is 94.5 cm³/mol. The highest BCUT2D eigenvalue weighted by molar-refractivity contribution is 7.81. The summed E-state index contributed by atoms with van der Waals surface area (Å²) in [5.41, 5.74) is 6.26. The Morgan fingerprint density at radius 1 is 1.08 bits per heavy atom. The summed E-state index contributed by atoms with van der Waals surface area (Å²) in [5.74, 6) is -0.390. The Kier molecular flexibility index (Phi) is 4.16. The zero-order valence-corrected chi connectivity index (χ0v) is 14.0. The lowest BCUT2D eigenvalue weighted by Gasteiger charge is -2.21. The van der Waals surface area contributed by atoms with Crippen LogP contribution in [0.5, 0.6) is 0 Å². The maximum absolute atomic E-state index is 13.1. The van der Waals surface area contributed by atoms with Crippen LogP contribution in [0.15, 0.2) is 42.5 Å². The average molecular weight is 365 g/mol. The molecular weight excluding hydrogens is 351 g/mol. The molecule has 1 saturated heterocycles. The molecule has 0 bridgehead atoms. The van der Waals surface area contributed by atoms with Crippen molar-refractivity contribution in [3.8, 4) is 0 Å². The summed E-state index contributed by atoms with van der Waals surface area (Å²) in [7, 11) is 0. The number of nitrogens with two attached hydrogens (primary N) is 1. The van der Waals surface area contributed by atoms with Gasteiger partial charge in [-0.2, -0.15) is 13.2 Å². The molecule has 3 rings (SSSR count). The van der Waals surface area contributed by atoms with Gasteiger partial charge in [0, 0.05) is 11.4 Å². The van der Waals surface area contributed by atoms with Crippen molar-refractivity contribution in [1.29, 1.82) is 0 Å². The van der Waals surface area contributed by atoms with E-state index in [9.17, 15) is 18.0 Å². The number of carbonyl (C=O) groups excluding carboxylic acids is 1. The van der Waals surface area contributed by atoms with Gasteiger partial charge in [0.2, 0.25) is 0 Å². The minimum absolute atomic E-state index is 0.0437. The van der Waals surface area contributed by atoms with Crippen molar-refractivity contribution < 1.29 is 18.0 Å². The molecule has 130 valence electrons. The van der Waals surface area contributed by atoms with E-state index < -0.39 is 11.7 Å². The first kappa shape index (κ1) is 17.2. The smallest absolute Gasteiger partial charge is 0.399 e. The van der Waals surface area contributed by atoms with Crippen LogP contribution in [-0.2, 0) is 11.0 Å². The molecule has 2 aromatic rings. The summed E-state index contributed by atoms with van der Waals surface area (Å²) in [6, 6.07) is 10.5. The van der Waals surface area contributed by atoms with E-state index in [2.05, 4.69) is 0 Å². The number of anilines is 3. The van der Waals surface area contributed by atoms with Gasteiger partial charge in [-0.25, -0.2) is 0 Å². The molecule has 0 spiro atoms. The highest BCUT2D eigenvalue weighted by Crippen LogP contribution is 2.35. The van der Waals surface area contributed by atoms with Gasteiger partial charge in [0.15, 0.2) is 5.11 Å². The van der Waals surface area contributed by atoms with Gasteiger partial charge in [-0.3, -0.25) is 9.69 Å². The first-order valence-electron chi connectivity index (χ1n) is 7.36. The number of benzene rings is 2. The third-order valence-electron chi connectivity index (χ3n) is 3.95. The second-order valence-electron chi connectivity index (χ2n) is 5.69. The molecule has 1 heterocycles. The van der Waals surface area contributed by atoms with Crippen LogP contribution in [0.25, 0.3) is 0 Å². The molecule has 0 unspecified atom stereocenters. The lowest BCUT2D eigenvalue weighted by atomic mass is 10.1. The van der Waals surface area contributed by atoms with E-state index in [1.54, 1.807) is 29.2 Å². The number of nitrogens with zero attached hydrogens (tertiary/aromatic N) is 2. The number of aryl methyl sites for hydroxylation is 1. The zero-order valence-electron chi connectivity index (χ0n) is 13.2. The molecule has 0 radical (unpaired) electrons. The normalized spacial score (nSPS) is 15.2. The number of amides is 1. The Hall–Kier alpha value is -2.61. The van der Waals surface area contributed by atoms with Gasteiger partial charge in [0.25, 0.3) is 5.91 Å². The SMILES string of the molecule is Cc1ccc(N2C(=O)CN(c3ccc(N)cc3)C2=S)cc1C(F)(F)F. The lowest BCUT2D eigenvalue weighted by Crippen LogP contribution is -2.33. The van der Waals surface area contributed by atoms with Gasteiger partial charge in [-0.15, -0.1) is 0 Å². The number of nitrogen functional groups attached to an aromatic ring is 1. The standard InChI is InChI=1S/C17H14F3N3OS/c1-10-2-5-13(8-14(10)17(18,19)20)23-15(24)9-22(16(23)25)12-6-3-11(21)4-7-12/h2-8H,9,21H2,1H3. The third kappa shape index (κ3) is 3.17. The van der Waals surface area contributed by atoms with Crippen LogP contribution in [0.2, 0.25) is 0 Å². The largest absolute Gasteiger partial charge is 0.416 e. The van der Waals surface area contributed by atoms with E-state index in [0.29, 0.717) is 11.4 Å². The number of thiocarbonyl (C=S) groups is 1. The van der Waals surface area contributed by atoms with Crippen LogP contribution in [0.1, 0.15) is 11.1 Å². The molecule has 1 amide bonds. The highest BCUT2D eigenvalue weighted by Gasteiger charge is 2.37. The van der Waals surface area contributed by atoms with Crippen molar-refractivity contribution in [3.63, 3.8) is 0 Å². The summed E-state index contributed by atoms with van der Waals surface area (Å²) in [6.07, 6.45) is -4.50. The second-order valence-corrected chi connectivity index (χ2v) is 6.05. The Balaban J connectivity index is 1.97. The van der Waals surface area contributed by atoms with Crippen molar-refractivity contribution in [2.24, 2.45) is 0 Å². The van der Waals surface area contributed by atoms with Crippen molar-refractivity contribution in [2.75, 3.05) is 22.1 Å². The van der Waals surface area contributed by atoms with E-state index in [4.69, 9.17) is 18.0 Å². The quantitative estimate of drug-likeness (QED) is 0.651. The van der Waals surface area contributed by atoms with Crippen LogP contribution < -0.4 is 15.5 Å². The molecule has 0 aliphatic carbocycles. The fraction of sp³-hybridized carbons (Fsp3) is 0.176. The minimum atomic E-state index is -4.50. The summed E-state index contributed by atoms with van der Waals surface area (Å²) in [4.78, 5) is 15.1. The molecule has 0 saturated carbocycles. The summed E-state index contributed by atoms with van der Waals surface area (Å²) < 4.78 is 39.4. The Morgan fingerprint density at radius 3 is 2.28 bits per heavy atom. The van der Waals surface area contributed by atoms with Crippen molar-refractivity contribution in [1.82, 2.24) is 0 Å². The van der Waals surface area contributed by atoms with Crippen LogP contribution in [0.4, 0.5) is 30.2 Å². The van der Waals surface area contributed by atoms with Gasteiger partial charge >= 0.3 is 6.18 Å². The second kappa shape index (κ2) is 6.03. The molecule has 25 heavy (non-hydrogen) atoms. The van der Waals surface area contributed by atoms with E-state index in [1.165, 1.54) is 19.1 Å². The predicted octanol–water partition coefficient (Wildman–Crippen LogP) is 3.73. The maximum atomic E-state index is 13.1. The number of carbonyl (C=O) groups is 1. The van der Waals surface area contributed by atoms with E-state index >= 15 is 0 Å². The first-order chi connectivity index (χ1) is 11.7. The number of hydrogen-bond donors (Lipinski definition) is 1. The Labute approximate surface area is 147 Å². The molecule has 2 N–H and O–H groups in total. The fourth-order valence-electron chi connectivity index (χ4n) is 2.67. The van der Waals surface area contributed by atoms with Gasteiger partial charge in [-0.1, -0.05) is 6.07 Å². The topological polar surface area (TPSA) is 49.6 Å². The monoisotopic (exact) mass is 365 g/mol. The van der Waals surface area contributed by atoms with Crippen molar-refractivity contribution in [2.45, 2.75) is 13.1 Å². The molecule has 1 aliphatic heterocycles. The molecule has 1 aliphatic rings. The van der Waals surface area contributed by atoms with Gasteiger partial charge in [-0.05, 0) is 61.1 Å². The van der Waals surface area contributed by atoms with Gasteiger partial charge < -0.3 is 10.6 Å². The Morgan fingerprint density at radius 2 is 1.68 bits per heavy atom. The van der Waals surface area contributed by atoms with Crippen LogP contribution in [0, 0.1) is 6.92 Å². The average Bonchev–Trinajstić information content (AvgIpc) is 2.83. The van der Waals surface area contributed by atoms with Crippen LogP contribution in [0.3, 0.4) is 0 Å². The summed E-state index contributed by atoms with van der Waals surface area (Å²) >= 11 is 5.32. The maximum Gasteiger partial charge on any atom is 0.416 e. The van der Waals surface area contributed by atoms with E-state index in [0.717, 1.165) is 11.0 Å². The molecule has 0 aromatic heterocycles. The molecular formula is C17H14F3N3OS. The molecule has 4 nitrogen and oxygen atoms in total. The van der Waals surface area contributed by atoms with Crippen molar-refractivity contribution in [3.05, 3.63) is 53.6 Å². The lowest BCUT2D eigenvalue weighted by molar-refractivity contribution is -0.138. The summed E-state index contributed by atoms with van der Waals surface area (Å²) in [5, 5.41) is 0.131. The zero-order chi connectivity index (χ0) is 18.4. The van der Waals surface area contributed by atoms with Crippen molar-refractivity contribution >= 4 is 40.3 Å². The van der Waals surface area contributed by atoms with E-state index in [-0.39, 0.29) is 28.8 Å². The van der Waals surface area contributed by atoms with Crippen LogP contribution >= 0.6 is 12.2 Å². The number of hydrogen-bond acceptors (Lipinski definition) is 3. The van der Waals surface area contributed by atoms with Gasteiger partial charge in [0.1, 0.15) is 6.54 Å². The van der Waals surface area contributed by atoms with E-state index in [1.807, 2.05) is 0 Å². The third-order valence-corrected chi connectivity index (χ3v) is 4.36. The number of halogens is 3. The Bertz CT molecular complexity index is 849. The highest BCUT2D eigenvalue weighted by atomic mass is 32.1. The summed E-state index contributed by atoms with van der Waals surface area (Å²) in [6.45, 7) is 1.33.